The van der Waals surface area contributed by atoms with E-state index in [9.17, 15) is 9.90 Å². The number of fused-ring (bicyclic) bond motifs is 1. The quantitative estimate of drug-likeness (QED) is 0.571. The van der Waals surface area contributed by atoms with E-state index < -0.39 is 11.9 Å². The zero-order valence-corrected chi connectivity index (χ0v) is 21.0. The lowest BCUT2D eigenvalue weighted by molar-refractivity contribution is -0.138. The minimum atomic E-state index is -0.880. The molecule has 2 aliphatic rings. The van der Waals surface area contributed by atoms with E-state index in [0.717, 1.165) is 27.8 Å². The molecule has 0 aliphatic heterocycles. The van der Waals surface area contributed by atoms with Crippen LogP contribution in [-0.2, 0) is 10.2 Å². The van der Waals surface area contributed by atoms with E-state index in [1.807, 2.05) is 36.4 Å². The van der Waals surface area contributed by atoms with Gasteiger partial charge >= 0.3 is 5.97 Å². The van der Waals surface area contributed by atoms with Gasteiger partial charge in [0.25, 0.3) is 0 Å². The molecule has 1 N–H and O–H groups in total. The predicted molar refractivity (Wildman–Crippen MR) is 136 cm³/mol. The summed E-state index contributed by atoms with van der Waals surface area (Å²) in [5.41, 5.74) is 4.48. The molecule has 0 spiro atoms. The van der Waals surface area contributed by atoms with Crippen LogP contribution in [0.3, 0.4) is 0 Å². The van der Waals surface area contributed by atoms with Gasteiger partial charge in [0.05, 0.1) is 28.4 Å². The van der Waals surface area contributed by atoms with Crippen LogP contribution in [0.4, 0.5) is 0 Å². The molecule has 2 unspecified atom stereocenters. The van der Waals surface area contributed by atoms with Crippen molar-refractivity contribution >= 4 is 11.5 Å². The van der Waals surface area contributed by atoms with E-state index in [1.54, 1.807) is 40.6 Å². The summed E-state index contributed by atoms with van der Waals surface area (Å²) in [4.78, 5) is 12.2. The Morgan fingerprint density at radius 2 is 1.63 bits per heavy atom. The number of allylic oxidation sites excluding steroid dienone is 4. The molecule has 2 aromatic rings. The van der Waals surface area contributed by atoms with Gasteiger partial charge in [-0.1, -0.05) is 44.2 Å². The van der Waals surface area contributed by atoms with Gasteiger partial charge in [0.2, 0.25) is 0 Å². The van der Waals surface area contributed by atoms with Gasteiger partial charge in [-0.2, -0.15) is 0 Å². The van der Waals surface area contributed by atoms with Crippen LogP contribution in [0.5, 0.6) is 23.0 Å². The minimum absolute atomic E-state index is 0.0304. The van der Waals surface area contributed by atoms with E-state index in [0.29, 0.717) is 29.4 Å². The minimum Gasteiger partial charge on any atom is -0.497 e. The molecular formula is C29H32O6. The van der Waals surface area contributed by atoms with Crippen molar-refractivity contribution < 1.29 is 28.8 Å². The highest BCUT2D eigenvalue weighted by Crippen LogP contribution is 2.56. The normalized spacial score (nSPS) is 22.3. The molecule has 2 aromatic carbocycles. The van der Waals surface area contributed by atoms with Crippen molar-refractivity contribution in [3.8, 4) is 23.0 Å². The Balaban J connectivity index is 2.03. The monoisotopic (exact) mass is 476 g/mol. The average molecular weight is 477 g/mol. The van der Waals surface area contributed by atoms with Crippen LogP contribution in [0.1, 0.15) is 42.9 Å². The van der Waals surface area contributed by atoms with Crippen molar-refractivity contribution in [1.82, 2.24) is 0 Å². The highest BCUT2D eigenvalue weighted by molar-refractivity contribution is 5.88. The highest BCUT2D eigenvalue weighted by atomic mass is 16.5. The molecule has 2 atom stereocenters. The second-order valence-corrected chi connectivity index (χ2v) is 9.34. The van der Waals surface area contributed by atoms with E-state index in [2.05, 4.69) is 19.9 Å². The van der Waals surface area contributed by atoms with Crippen LogP contribution < -0.4 is 18.9 Å². The number of ether oxygens (including phenoxy) is 4. The van der Waals surface area contributed by atoms with Gasteiger partial charge in [0.15, 0.2) is 11.5 Å². The molecule has 0 amide bonds. The summed E-state index contributed by atoms with van der Waals surface area (Å²) in [6.45, 7) is 4.41. The Bertz CT molecular complexity index is 1230. The summed E-state index contributed by atoms with van der Waals surface area (Å²) in [6.07, 6.45) is 7.95. The SMILES string of the molecule is COc1cc(OC)c2c(c1)C(C)(C)C(c1ccc(OC)c(OC)c1)CC2=C1C=CC=CC1C(=O)O. The lowest BCUT2D eigenvalue weighted by Crippen LogP contribution is -2.33. The van der Waals surface area contributed by atoms with Gasteiger partial charge in [0, 0.05) is 11.6 Å². The maximum Gasteiger partial charge on any atom is 0.314 e. The standard InChI is InChI=1S/C29H32O6/c1-29(2)22(17-11-12-24(33-4)25(13-17)34-5)16-21(19-9-7-8-10-20(19)28(30)31)27-23(29)14-18(32-3)15-26(27)35-6/h7-15,20,22H,16H2,1-6H3,(H,30,31). The Morgan fingerprint density at radius 1 is 0.914 bits per heavy atom. The summed E-state index contributed by atoms with van der Waals surface area (Å²) >= 11 is 0. The fraction of sp³-hybridized carbons (Fsp3) is 0.345. The molecular weight excluding hydrogens is 444 g/mol. The maximum absolute atomic E-state index is 12.2. The fourth-order valence-corrected chi connectivity index (χ4v) is 5.35. The average Bonchev–Trinajstić information content (AvgIpc) is 2.87. The summed E-state index contributed by atoms with van der Waals surface area (Å²) in [5.74, 6) is 1.11. The first-order valence-corrected chi connectivity index (χ1v) is 11.6. The summed E-state index contributed by atoms with van der Waals surface area (Å²) in [6, 6.07) is 9.90. The lowest BCUT2D eigenvalue weighted by Gasteiger charge is -2.43. The van der Waals surface area contributed by atoms with Gasteiger partial charge in [0.1, 0.15) is 17.4 Å². The Kier molecular flexibility index (Phi) is 6.66. The largest absolute Gasteiger partial charge is 0.497 e. The maximum atomic E-state index is 12.2. The number of carboxylic acid groups (broad SMARTS) is 1. The van der Waals surface area contributed by atoms with Gasteiger partial charge in [-0.15, -0.1) is 0 Å². The van der Waals surface area contributed by atoms with Gasteiger partial charge < -0.3 is 24.1 Å². The molecule has 0 heterocycles. The molecule has 0 aromatic heterocycles. The lowest BCUT2D eigenvalue weighted by atomic mass is 9.60. The van der Waals surface area contributed by atoms with E-state index in [1.165, 1.54) is 0 Å². The first-order valence-electron chi connectivity index (χ1n) is 11.6. The topological polar surface area (TPSA) is 74.2 Å². The van der Waals surface area contributed by atoms with Crippen molar-refractivity contribution in [3.63, 3.8) is 0 Å². The van der Waals surface area contributed by atoms with Crippen LogP contribution in [0.25, 0.3) is 5.57 Å². The number of hydrogen-bond donors (Lipinski definition) is 1. The molecule has 6 heteroatoms. The van der Waals surface area contributed by atoms with Crippen LogP contribution in [-0.4, -0.2) is 39.5 Å². The van der Waals surface area contributed by atoms with Crippen molar-refractivity contribution in [1.29, 1.82) is 0 Å². The zero-order valence-electron chi connectivity index (χ0n) is 21.0. The number of carbonyl (C=O) groups is 1. The molecule has 4 rings (SSSR count). The van der Waals surface area contributed by atoms with Crippen LogP contribution in [0.2, 0.25) is 0 Å². The molecule has 6 nitrogen and oxygen atoms in total. The van der Waals surface area contributed by atoms with Gasteiger partial charge in [-0.25, -0.2) is 0 Å². The fourth-order valence-electron chi connectivity index (χ4n) is 5.35. The van der Waals surface area contributed by atoms with E-state index in [-0.39, 0.29) is 11.3 Å². The molecule has 0 saturated carbocycles. The van der Waals surface area contributed by atoms with Crippen LogP contribution in [0.15, 0.2) is 60.2 Å². The molecule has 0 bridgehead atoms. The van der Waals surface area contributed by atoms with E-state index in [4.69, 9.17) is 18.9 Å². The molecule has 184 valence electrons. The number of methoxy groups -OCH3 is 4. The zero-order chi connectivity index (χ0) is 25.3. The van der Waals surface area contributed by atoms with E-state index >= 15 is 0 Å². The number of aliphatic carboxylic acids is 1. The molecule has 2 aliphatic carbocycles. The van der Waals surface area contributed by atoms with Gasteiger partial charge in [-0.05, 0) is 58.2 Å². The van der Waals surface area contributed by atoms with Crippen molar-refractivity contribution in [2.75, 3.05) is 28.4 Å². The number of carboxylic acids is 1. The first kappa shape index (κ1) is 24.5. The second-order valence-electron chi connectivity index (χ2n) is 9.34. The Labute approximate surface area is 206 Å². The summed E-state index contributed by atoms with van der Waals surface area (Å²) < 4.78 is 22.5. The van der Waals surface area contributed by atoms with Crippen molar-refractivity contribution in [3.05, 3.63) is 76.9 Å². The number of hydrogen-bond acceptors (Lipinski definition) is 5. The number of benzene rings is 2. The first-order chi connectivity index (χ1) is 16.8. The smallest absolute Gasteiger partial charge is 0.314 e. The van der Waals surface area contributed by atoms with Crippen LogP contribution in [0, 0.1) is 5.92 Å². The van der Waals surface area contributed by atoms with Crippen molar-refractivity contribution in [2.45, 2.75) is 31.6 Å². The Hall–Kier alpha value is -3.67. The third-order valence-corrected chi connectivity index (χ3v) is 7.26. The third kappa shape index (κ3) is 4.18. The van der Waals surface area contributed by atoms with Gasteiger partial charge in [-0.3, -0.25) is 4.79 Å². The second kappa shape index (κ2) is 9.53. The molecule has 35 heavy (non-hydrogen) atoms. The molecule has 0 radical (unpaired) electrons. The summed E-state index contributed by atoms with van der Waals surface area (Å²) in [7, 11) is 6.52. The van der Waals surface area contributed by atoms with Crippen molar-refractivity contribution in [2.24, 2.45) is 5.92 Å². The van der Waals surface area contributed by atoms with Crippen LogP contribution >= 0.6 is 0 Å². The highest BCUT2D eigenvalue weighted by Gasteiger charge is 2.43. The number of rotatable bonds is 6. The predicted octanol–water partition coefficient (Wildman–Crippen LogP) is 5.77. The third-order valence-electron chi connectivity index (χ3n) is 7.26. The summed E-state index contributed by atoms with van der Waals surface area (Å²) in [5, 5.41) is 10.0. The molecule has 0 saturated heterocycles. The molecule has 0 fully saturated rings. The Morgan fingerprint density at radius 3 is 2.26 bits per heavy atom.